The van der Waals surface area contributed by atoms with Crippen LogP contribution in [-0.2, 0) is 9.59 Å². The first kappa shape index (κ1) is 25.7. The largest absolute Gasteiger partial charge is 0.478 e. The quantitative estimate of drug-likeness (QED) is 0.332. The lowest BCUT2D eigenvalue weighted by molar-refractivity contribution is -0.134. The van der Waals surface area contributed by atoms with Gasteiger partial charge < -0.3 is 20.4 Å². The van der Waals surface area contributed by atoms with E-state index in [4.69, 9.17) is 15.2 Å². The van der Waals surface area contributed by atoms with Gasteiger partial charge in [-0.3, -0.25) is 4.90 Å². The number of nitrogens with zero attached hydrogens (tertiary/aromatic N) is 3. The van der Waals surface area contributed by atoms with E-state index in [0.717, 1.165) is 57.0 Å². The zero-order valence-corrected chi connectivity index (χ0v) is 19.9. The van der Waals surface area contributed by atoms with Gasteiger partial charge in [0, 0.05) is 55.9 Å². The number of aryl methyl sites for hydroxylation is 1. The molecule has 0 saturated carbocycles. The minimum Gasteiger partial charge on any atom is -0.478 e. The zero-order chi connectivity index (χ0) is 25.0. The summed E-state index contributed by atoms with van der Waals surface area (Å²) in [7, 11) is 0. The first-order chi connectivity index (χ1) is 16.9. The van der Waals surface area contributed by atoms with E-state index >= 15 is 0 Å². The number of hydrogen-bond donors (Lipinski definition) is 3. The summed E-state index contributed by atoms with van der Waals surface area (Å²) in [6.45, 7) is 8.77. The van der Waals surface area contributed by atoms with Crippen LogP contribution in [-0.4, -0.2) is 71.3 Å². The number of carboxylic acid groups (broad SMARTS) is 2. The van der Waals surface area contributed by atoms with E-state index in [9.17, 15) is 9.59 Å². The van der Waals surface area contributed by atoms with Gasteiger partial charge in [-0.05, 0) is 49.7 Å². The van der Waals surface area contributed by atoms with Crippen LogP contribution in [0.1, 0.15) is 12.0 Å². The van der Waals surface area contributed by atoms with Gasteiger partial charge in [-0.2, -0.15) is 0 Å². The molecule has 8 heteroatoms. The molecule has 3 N–H and O–H groups in total. The van der Waals surface area contributed by atoms with Gasteiger partial charge in [0.25, 0.3) is 0 Å². The predicted molar refractivity (Wildman–Crippen MR) is 139 cm³/mol. The smallest absolute Gasteiger partial charge is 0.328 e. The maximum Gasteiger partial charge on any atom is 0.328 e. The van der Waals surface area contributed by atoms with E-state index in [0.29, 0.717) is 12.2 Å². The Balaban J connectivity index is 0.000000371. The van der Waals surface area contributed by atoms with Crippen molar-refractivity contribution < 1.29 is 19.8 Å². The van der Waals surface area contributed by atoms with E-state index in [-0.39, 0.29) is 0 Å². The third-order valence-electron chi connectivity index (χ3n) is 5.74. The van der Waals surface area contributed by atoms with Crippen molar-refractivity contribution in [2.24, 2.45) is 0 Å². The van der Waals surface area contributed by atoms with Crippen molar-refractivity contribution in [2.75, 3.05) is 49.5 Å². The number of benzene rings is 2. The third-order valence-corrected chi connectivity index (χ3v) is 5.74. The molecule has 2 aromatic carbocycles. The standard InChI is InChI=1S/C23H28N4.C4H4O4/c1-19-18-23(25-22-11-6-5-10-21(19)22)24-12-7-13-26-14-16-27(17-15-26)20-8-3-2-4-9-20;5-3(6)1-2-4(7)8/h2-6,8-11,18H,7,12-17H2,1H3,(H,24,25);1-2H,(H,5,6)(H,7,8). The fourth-order valence-electron chi connectivity index (χ4n) is 3.97. The van der Waals surface area contributed by atoms with Gasteiger partial charge in [0.05, 0.1) is 5.52 Å². The number of aliphatic carboxylic acids is 2. The highest BCUT2D eigenvalue weighted by Crippen LogP contribution is 2.20. The number of carboxylic acids is 2. The topological polar surface area (TPSA) is 106 Å². The van der Waals surface area contributed by atoms with Crippen molar-refractivity contribution in [2.45, 2.75) is 13.3 Å². The maximum absolute atomic E-state index is 9.55. The monoisotopic (exact) mass is 476 g/mol. The molecule has 0 radical (unpaired) electrons. The van der Waals surface area contributed by atoms with Crippen LogP contribution in [0.2, 0.25) is 0 Å². The number of para-hydroxylation sites is 2. The molecule has 0 aliphatic carbocycles. The summed E-state index contributed by atoms with van der Waals surface area (Å²) in [5.74, 6) is -1.53. The first-order valence-electron chi connectivity index (χ1n) is 11.7. The van der Waals surface area contributed by atoms with Gasteiger partial charge in [0.15, 0.2) is 0 Å². The Bertz CT molecular complexity index is 1130. The molecule has 1 aliphatic heterocycles. The van der Waals surface area contributed by atoms with Crippen molar-refractivity contribution in [3.63, 3.8) is 0 Å². The summed E-state index contributed by atoms with van der Waals surface area (Å²) in [6, 6.07) is 21.2. The molecule has 0 spiro atoms. The number of pyridine rings is 1. The Kier molecular flexibility index (Phi) is 9.62. The third kappa shape index (κ3) is 8.42. The van der Waals surface area contributed by atoms with Crippen molar-refractivity contribution >= 4 is 34.3 Å². The van der Waals surface area contributed by atoms with Gasteiger partial charge in [0.1, 0.15) is 5.82 Å². The lowest BCUT2D eigenvalue weighted by Gasteiger charge is -2.36. The van der Waals surface area contributed by atoms with Crippen LogP contribution in [0.4, 0.5) is 11.5 Å². The van der Waals surface area contributed by atoms with Crippen LogP contribution >= 0.6 is 0 Å². The first-order valence-corrected chi connectivity index (χ1v) is 11.7. The van der Waals surface area contributed by atoms with Crippen LogP contribution in [0.25, 0.3) is 10.9 Å². The van der Waals surface area contributed by atoms with E-state index < -0.39 is 11.9 Å². The molecule has 1 aromatic heterocycles. The summed E-state index contributed by atoms with van der Waals surface area (Å²) < 4.78 is 0. The molecule has 1 saturated heterocycles. The molecule has 2 heterocycles. The Hall–Kier alpha value is -3.91. The van der Waals surface area contributed by atoms with Gasteiger partial charge in [-0.1, -0.05) is 36.4 Å². The van der Waals surface area contributed by atoms with Gasteiger partial charge >= 0.3 is 11.9 Å². The van der Waals surface area contributed by atoms with E-state index in [1.54, 1.807) is 0 Å². The lowest BCUT2D eigenvalue weighted by Crippen LogP contribution is -2.46. The van der Waals surface area contributed by atoms with Gasteiger partial charge in [-0.15, -0.1) is 0 Å². The number of aromatic nitrogens is 1. The predicted octanol–water partition coefficient (Wildman–Crippen LogP) is 3.88. The van der Waals surface area contributed by atoms with Crippen LogP contribution < -0.4 is 10.2 Å². The molecule has 0 amide bonds. The normalized spacial score (nSPS) is 13.9. The molecule has 184 valence electrons. The van der Waals surface area contributed by atoms with Crippen LogP contribution in [0.15, 0.2) is 72.8 Å². The minimum absolute atomic E-state index is 0.558. The molecule has 1 fully saturated rings. The molecule has 4 rings (SSSR count). The van der Waals surface area contributed by atoms with Gasteiger partial charge in [-0.25, -0.2) is 14.6 Å². The van der Waals surface area contributed by atoms with Gasteiger partial charge in [0.2, 0.25) is 0 Å². The number of nitrogens with one attached hydrogen (secondary N) is 1. The second-order valence-electron chi connectivity index (χ2n) is 8.30. The van der Waals surface area contributed by atoms with Crippen molar-refractivity contribution in [3.05, 3.63) is 78.4 Å². The SMILES string of the molecule is Cc1cc(NCCCN2CCN(c3ccccc3)CC2)nc2ccccc12.O=C(O)C=CC(=O)O. The molecular weight excluding hydrogens is 444 g/mol. The molecular formula is C27H32N4O4. The highest BCUT2D eigenvalue weighted by Gasteiger charge is 2.16. The Labute approximate surface area is 205 Å². The molecule has 0 unspecified atom stereocenters. The second kappa shape index (κ2) is 13.1. The van der Waals surface area contributed by atoms with Crippen LogP contribution in [0, 0.1) is 6.92 Å². The molecule has 0 atom stereocenters. The second-order valence-corrected chi connectivity index (χ2v) is 8.30. The Morgan fingerprint density at radius 3 is 2.23 bits per heavy atom. The van der Waals surface area contributed by atoms with Crippen molar-refractivity contribution in [3.8, 4) is 0 Å². The molecule has 3 aromatic rings. The summed E-state index contributed by atoms with van der Waals surface area (Å²) >= 11 is 0. The molecule has 0 bridgehead atoms. The fourth-order valence-corrected chi connectivity index (χ4v) is 3.97. The number of piperazine rings is 1. The number of carbonyl (C=O) groups is 2. The zero-order valence-electron chi connectivity index (χ0n) is 19.9. The number of fused-ring (bicyclic) bond motifs is 1. The summed E-state index contributed by atoms with van der Waals surface area (Å²) in [4.78, 5) is 28.9. The average molecular weight is 477 g/mol. The summed E-state index contributed by atoms with van der Waals surface area (Å²) in [5, 5.41) is 20.4. The van der Waals surface area contributed by atoms with Crippen molar-refractivity contribution in [1.82, 2.24) is 9.88 Å². The molecule has 1 aliphatic rings. The van der Waals surface area contributed by atoms with E-state index in [1.165, 1.54) is 16.6 Å². The van der Waals surface area contributed by atoms with E-state index in [2.05, 4.69) is 76.6 Å². The highest BCUT2D eigenvalue weighted by atomic mass is 16.4. The maximum atomic E-state index is 9.55. The summed E-state index contributed by atoms with van der Waals surface area (Å²) in [6.07, 6.45) is 2.25. The lowest BCUT2D eigenvalue weighted by atomic mass is 10.1. The fraction of sp³-hybridized carbons (Fsp3) is 0.296. The van der Waals surface area contributed by atoms with Crippen molar-refractivity contribution in [1.29, 1.82) is 0 Å². The van der Waals surface area contributed by atoms with Crippen LogP contribution in [0.3, 0.4) is 0 Å². The molecule has 8 nitrogen and oxygen atoms in total. The average Bonchev–Trinajstić information content (AvgIpc) is 2.87. The number of rotatable bonds is 8. The number of hydrogen-bond acceptors (Lipinski definition) is 6. The summed E-state index contributed by atoms with van der Waals surface area (Å²) in [5.41, 5.74) is 3.69. The molecule has 35 heavy (non-hydrogen) atoms. The number of anilines is 2. The Morgan fingerprint density at radius 2 is 1.57 bits per heavy atom. The van der Waals surface area contributed by atoms with Crippen LogP contribution in [0.5, 0.6) is 0 Å². The Morgan fingerprint density at radius 1 is 0.943 bits per heavy atom. The minimum atomic E-state index is -1.26. The highest BCUT2D eigenvalue weighted by molar-refractivity contribution is 5.89. The van der Waals surface area contributed by atoms with E-state index in [1.807, 2.05) is 6.07 Å².